The third-order valence-electron chi connectivity index (χ3n) is 9.00. The highest BCUT2D eigenvalue weighted by atomic mass is 16.5. The summed E-state index contributed by atoms with van der Waals surface area (Å²) in [6.45, 7) is 7.87. The zero-order valence-corrected chi connectivity index (χ0v) is 29.3. The predicted molar refractivity (Wildman–Crippen MR) is 187 cm³/mol. The Labute approximate surface area is 264 Å². The summed E-state index contributed by atoms with van der Waals surface area (Å²) in [7, 11) is 3.88. The fraction of sp³-hybridized carbons (Fsp3) is 0.872. The maximum Gasteiger partial charge on any atom is 0.311 e. The third-order valence-corrected chi connectivity index (χ3v) is 9.00. The fourth-order valence-corrected chi connectivity index (χ4v) is 5.93. The lowest BCUT2D eigenvalue weighted by Gasteiger charge is -2.34. The van der Waals surface area contributed by atoms with E-state index in [4.69, 9.17) is 4.74 Å². The summed E-state index contributed by atoms with van der Waals surface area (Å²) < 4.78 is 5.97. The number of esters is 1. The van der Waals surface area contributed by atoms with Crippen molar-refractivity contribution in [3.8, 4) is 0 Å². The first-order valence-electron chi connectivity index (χ1n) is 18.8. The van der Waals surface area contributed by atoms with E-state index in [1.807, 2.05) is 0 Å². The molecule has 0 aromatic rings. The Hall–Kier alpha value is -1.09. The largest absolute Gasteiger partial charge is 0.469 e. The van der Waals surface area contributed by atoms with Crippen LogP contribution < -0.4 is 0 Å². The van der Waals surface area contributed by atoms with Crippen LogP contribution in [0.3, 0.4) is 0 Å². The van der Waals surface area contributed by atoms with Gasteiger partial charge in [-0.15, -0.1) is 0 Å². The van der Waals surface area contributed by atoms with Crippen LogP contribution in [0.2, 0.25) is 0 Å². The molecule has 0 saturated carbocycles. The van der Waals surface area contributed by atoms with Crippen LogP contribution in [-0.2, 0) is 9.53 Å². The van der Waals surface area contributed by atoms with Crippen molar-refractivity contribution in [1.82, 2.24) is 0 Å². The molecule has 0 amide bonds. The van der Waals surface area contributed by atoms with Crippen molar-refractivity contribution in [2.45, 2.75) is 187 Å². The Kier molecular flexibility index (Phi) is 32.0. The molecule has 42 heavy (non-hydrogen) atoms. The van der Waals surface area contributed by atoms with Gasteiger partial charge < -0.3 is 9.22 Å². The first-order chi connectivity index (χ1) is 20.6. The highest BCUT2D eigenvalue weighted by molar-refractivity contribution is 5.69. The minimum Gasteiger partial charge on any atom is -0.469 e. The Morgan fingerprint density at radius 2 is 0.786 bits per heavy atom. The molecule has 0 unspecified atom stereocenters. The normalized spacial score (nSPS) is 12.2. The zero-order chi connectivity index (χ0) is 30.8. The highest BCUT2D eigenvalue weighted by Gasteiger charge is 2.22. The average molecular weight is 591 g/mol. The Balaban J connectivity index is 3.91. The summed E-state index contributed by atoms with van der Waals surface area (Å²) in [5.41, 5.74) is 0. The van der Waals surface area contributed by atoms with Crippen molar-refractivity contribution in [2.24, 2.45) is 0 Å². The van der Waals surface area contributed by atoms with E-state index in [-0.39, 0.29) is 5.97 Å². The van der Waals surface area contributed by atoms with Gasteiger partial charge in [-0.05, 0) is 77.0 Å². The smallest absolute Gasteiger partial charge is 0.311 e. The van der Waals surface area contributed by atoms with E-state index >= 15 is 0 Å². The molecule has 0 radical (unpaired) electrons. The van der Waals surface area contributed by atoms with Crippen molar-refractivity contribution in [1.29, 1.82) is 0 Å². The van der Waals surface area contributed by atoms with Crippen molar-refractivity contribution in [2.75, 3.05) is 33.8 Å². The Morgan fingerprint density at radius 1 is 0.476 bits per heavy atom. The molecule has 0 rings (SSSR count). The van der Waals surface area contributed by atoms with Gasteiger partial charge in [0.25, 0.3) is 0 Å². The summed E-state index contributed by atoms with van der Waals surface area (Å²) in [4.78, 5) is 11.8. The molecular formula is C39H76NO2+. The number of ether oxygens (including phenoxy) is 1. The van der Waals surface area contributed by atoms with Gasteiger partial charge in [0.15, 0.2) is 0 Å². The number of unbranched alkanes of at least 4 members (excludes halogenated alkanes) is 22. The lowest BCUT2D eigenvalue weighted by atomic mass is 10.1. The quantitative estimate of drug-likeness (QED) is 0.0329. The second-order valence-corrected chi connectivity index (χ2v) is 13.3. The molecule has 0 heterocycles. The first kappa shape index (κ1) is 40.9. The zero-order valence-electron chi connectivity index (χ0n) is 29.3. The SMILES string of the molecule is CCCCCCCC/C=C\CCCCCCC[N+](C)(CCCCCCC/C=C\CCCCCCCC)CCC(=O)OC. The second kappa shape index (κ2) is 32.8. The van der Waals surface area contributed by atoms with Crippen molar-refractivity contribution >= 4 is 5.97 Å². The molecule has 0 bridgehead atoms. The van der Waals surface area contributed by atoms with E-state index in [9.17, 15) is 4.79 Å². The van der Waals surface area contributed by atoms with Crippen LogP contribution in [0.5, 0.6) is 0 Å². The van der Waals surface area contributed by atoms with Gasteiger partial charge in [-0.25, -0.2) is 0 Å². The van der Waals surface area contributed by atoms with Crippen molar-refractivity contribution in [3.05, 3.63) is 24.3 Å². The van der Waals surface area contributed by atoms with Crippen LogP contribution >= 0.6 is 0 Å². The standard InChI is InChI=1S/C39H76NO2/c1-5-7-9-11-13-15-17-19-21-23-25-27-29-31-33-36-40(3,38-35-39(41)42-4)37-34-32-30-28-26-24-22-20-18-16-14-12-10-8-6-2/h19-22H,5-18,23-38H2,1-4H3/q+1/b21-19-,22-20-. The fourth-order valence-electron chi connectivity index (χ4n) is 5.93. The Morgan fingerprint density at radius 3 is 1.12 bits per heavy atom. The summed E-state index contributed by atoms with van der Waals surface area (Å²) in [5, 5.41) is 0. The summed E-state index contributed by atoms with van der Waals surface area (Å²) in [6, 6.07) is 0. The van der Waals surface area contributed by atoms with Crippen LogP contribution in [0, 0.1) is 0 Å². The molecule has 0 N–H and O–H groups in total. The number of carbonyl (C=O) groups excluding carboxylic acids is 1. The predicted octanol–water partition coefficient (Wildman–Crippen LogP) is 12.3. The molecule has 248 valence electrons. The number of hydrogen-bond acceptors (Lipinski definition) is 2. The number of quaternary nitrogens is 1. The van der Waals surface area contributed by atoms with Gasteiger partial charge in [-0.2, -0.15) is 0 Å². The molecule has 0 aliphatic heterocycles. The van der Waals surface area contributed by atoms with Crippen LogP contribution in [0.4, 0.5) is 0 Å². The molecule has 0 aliphatic carbocycles. The molecule has 0 saturated heterocycles. The molecule has 0 aliphatic rings. The van der Waals surface area contributed by atoms with Gasteiger partial charge in [-0.1, -0.05) is 128 Å². The molecule has 0 aromatic carbocycles. The Bertz CT molecular complexity index is 572. The topological polar surface area (TPSA) is 26.3 Å². The number of carbonyl (C=O) groups is 1. The molecule has 3 nitrogen and oxygen atoms in total. The third kappa shape index (κ3) is 30.4. The highest BCUT2D eigenvalue weighted by Crippen LogP contribution is 2.16. The van der Waals surface area contributed by atoms with Crippen LogP contribution in [0.15, 0.2) is 24.3 Å². The maximum atomic E-state index is 11.8. The minimum atomic E-state index is -0.0616. The molecule has 0 atom stereocenters. The van der Waals surface area contributed by atoms with E-state index < -0.39 is 0 Å². The van der Waals surface area contributed by atoms with Gasteiger partial charge >= 0.3 is 5.97 Å². The van der Waals surface area contributed by atoms with E-state index in [0.717, 1.165) is 11.0 Å². The lowest BCUT2D eigenvalue weighted by Crippen LogP contribution is -2.47. The number of nitrogens with zero attached hydrogens (tertiary/aromatic N) is 1. The van der Waals surface area contributed by atoms with E-state index in [1.165, 1.54) is 187 Å². The number of methoxy groups -OCH3 is 1. The van der Waals surface area contributed by atoms with Crippen LogP contribution in [0.1, 0.15) is 187 Å². The maximum absolute atomic E-state index is 11.8. The average Bonchev–Trinajstić information content (AvgIpc) is 3.00. The molecule has 0 fully saturated rings. The van der Waals surface area contributed by atoms with Gasteiger partial charge in [0.1, 0.15) is 0 Å². The van der Waals surface area contributed by atoms with Gasteiger partial charge in [0, 0.05) is 0 Å². The number of allylic oxidation sites excluding steroid dienone is 4. The minimum absolute atomic E-state index is 0.0616. The van der Waals surface area contributed by atoms with Crippen LogP contribution in [0.25, 0.3) is 0 Å². The monoisotopic (exact) mass is 591 g/mol. The van der Waals surface area contributed by atoms with Gasteiger partial charge in [0.2, 0.25) is 0 Å². The molecule has 3 heteroatoms. The number of rotatable bonds is 33. The summed E-state index contributed by atoms with van der Waals surface area (Å²) in [5.74, 6) is -0.0616. The summed E-state index contributed by atoms with van der Waals surface area (Å²) >= 11 is 0. The van der Waals surface area contributed by atoms with Crippen molar-refractivity contribution < 1.29 is 14.0 Å². The van der Waals surface area contributed by atoms with Crippen molar-refractivity contribution in [3.63, 3.8) is 0 Å². The van der Waals surface area contributed by atoms with E-state index in [1.54, 1.807) is 0 Å². The number of hydrogen-bond donors (Lipinski definition) is 0. The molecule has 0 spiro atoms. The van der Waals surface area contributed by atoms with Crippen LogP contribution in [-0.4, -0.2) is 44.2 Å². The lowest BCUT2D eigenvalue weighted by molar-refractivity contribution is -0.909. The second-order valence-electron chi connectivity index (χ2n) is 13.3. The summed E-state index contributed by atoms with van der Waals surface area (Å²) in [6.07, 6.45) is 45.2. The molecule has 0 aromatic heterocycles. The van der Waals surface area contributed by atoms with Gasteiger partial charge in [-0.3, -0.25) is 4.79 Å². The van der Waals surface area contributed by atoms with Gasteiger partial charge in [0.05, 0.1) is 40.2 Å². The van der Waals surface area contributed by atoms with E-state index in [0.29, 0.717) is 6.42 Å². The molecular weight excluding hydrogens is 514 g/mol. The first-order valence-corrected chi connectivity index (χ1v) is 18.8. The van der Waals surface area contributed by atoms with E-state index in [2.05, 4.69) is 45.2 Å².